The maximum absolute atomic E-state index is 13.3. The van der Waals surface area contributed by atoms with E-state index in [0.717, 1.165) is 23.9 Å². The van der Waals surface area contributed by atoms with Gasteiger partial charge in [-0.25, -0.2) is 4.39 Å². The highest BCUT2D eigenvalue weighted by Gasteiger charge is 2.30. The number of benzene rings is 1. The molecule has 1 aromatic rings. The predicted molar refractivity (Wildman–Crippen MR) is 84.9 cm³/mol. The van der Waals surface area contributed by atoms with Gasteiger partial charge < -0.3 is 5.32 Å². The number of likely N-dealkylation sites (tertiary alicyclic amines) is 1. The first-order chi connectivity index (χ1) is 10.2. The molecule has 0 aliphatic carbocycles. The average molecular weight is 290 g/mol. The lowest BCUT2D eigenvalue weighted by atomic mass is 9.88. The van der Waals surface area contributed by atoms with Crippen LogP contribution in [-0.4, -0.2) is 36.6 Å². The van der Waals surface area contributed by atoms with Crippen molar-refractivity contribution < 1.29 is 4.39 Å². The van der Waals surface area contributed by atoms with E-state index in [9.17, 15) is 4.39 Å². The van der Waals surface area contributed by atoms with Gasteiger partial charge in [0.15, 0.2) is 0 Å². The molecule has 21 heavy (non-hydrogen) atoms. The second-order valence-electron chi connectivity index (χ2n) is 6.78. The second-order valence-corrected chi connectivity index (χ2v) is 6.78. The minimum absolute atomic E-state index is 0.119. The lowest BCUT2D eigenvalue weighted by Crippen LogP contribution is -2.47. The summed E-state index contributed by atoms with van der Waals surface area (Å²) in [4.78, 5) is 2.61. The lowest BCUT2D eigenvalue weighted by molar-refractivity contribution is 0.114. The highest BCUT2D eigenvalue weighted by atomic mass is 19.1. The molecule has 2 nitrogen and oxygen atoms in total. The molecule has 3 atom stereocenters. The van der Waals surface area contributed by atoms with Crippen LogP contribution in [0.2, 0.25) is 0 Å². The van der Waals surface area contributed by atoms with Gasteiger partial charge in [0.2, 0.25) is 0 Å². The van der Waals surface area contributed by atoms with Gasteiger partial charge in [-0.15, -0.1) is 0 Å². The Labute approximate surface area is 127 Å². The zero-order valence-corrected chi connectivity index (χ0v) is 13.0. The lowest BCUT2D eigenvalue weighted by Gasteiger charge is -2.39. The SMILES string of the molecule is CC(Cc1cccc(F)c1)N1CCCC(C2CCCN2)C1. The number of piperidine rings is 1. The first-order valence-corrected chi connectivity index (χ1v) is 8.44. The van der Waals surface area contributed by atoms with Gasteiger partial charge in [-0.1, -0.05) is 12.1 Å². The van der Waals surface area contributed by atoms with Crippen molar-refractivity contribution in [2.24, 2.45) is 5.92 Å². The Morgan fingerprint density at radius 3 is 3.00 bits per heavy atom. The Kier molecular flexibility index (Phi) is 4.91. The van der Waals surface area contributed by atoms with E-state index in [0.29, 0.717) is 6.04 Å². The molecular weight excluding hydrogens is 263 g/mol. The highest BCUT2D eigenvalue weighted by Crippen LogP contribution is 2.26. The molecule has 116 valence electrons. The van der Waals surface area contributed by atoms with Crippen LogP contribution in [-0.2, 0) is 6.42 Å². The molecule has 0 aromatic heterocycles. The van der Waals surface area contributed by atoms with Crippen molar-refractivity contribution in [3.8, 4) is 0 Å². The van der Waals surface area contributed by atoms with Gasteiger partial charge in [-0.3, -0.25) is 4.90 Å². The zero-order chi connectivity index (χ0) is 14.7. The van der Waals surface area contributed by atoms with Crippen LogP contribution in [0.15, 0.2) is 24.3 Å². The van der Waals surface area contributed by atoms with E-state index in [-0.39, 0.29) is 5.82 Å². The monoisotopic (exact) mass is 290 g/mol. The van der Waals surface area contributed by atoms with Crippen molar-refractivity contribution in [1.82, 2.24) is 10.2 Å². The molecule has 0 spiro atoms. The van der Waals surface area contributed by atoms with Crippen molar-refractivity contribution in [2.75, 3.05) is 19.6 Å². The Morgan fingerprint density at radius 2 is 2.24 bits per heavy atom. The van der Waals surface area contributed by atoms with Gasteiger partial charge in [-0.05, 0) is 75.7 Å². The third-order valence-corrected chi connectivity index (χ3v) is 5.20. The summed E-state index contributed by atoms with van der Waals surface area (Å²) in [6.45, 7) is 5.88. The maximum atomic E-state index is 13.3. The summed E-state index contributed by atoms with van der Waals surface area (Å²) in [5.41, 5.74) is 1.11. The summed E-state index contributed by atoms with van der Waals surface area (Å²) in [6, 6.07) is 8.29. The highest BCUT2D eigenvalue weighted by molar-refractivity contribution is 5.17. The van der Waals surface area contributed by atoms with E-state index in [1.54, 1.807) is 6.07 Å². The van der Waals surface area contributed by atoms with Crippen LogP contribution < -0.4 is 5.32 Å². The number of nitrogens with one attached hydrogen (secondary N) is 1. The molecule has 0 saturated carbocycles. The quantitative estimate of drug-likeness (QED) is 0.916. The summed E-state index contributed by atoms with van der Waals surface area (Å²) in [6.07, 6.45) is 6.29. The number of hydrogen-bond acceptors (Lipinski definition) is 2. The van der Waals surface area contributed by atoms with Crippen LogP contribution in [0.4, 0.5) is 4.39 Å². The Bertz CT molecular complexity index is 456. The first-order valence-electron chi connectivity index (χ1n) is 8.44. The molecule has 3 rings (SSSR count). The van der Waals surface area contributed by atoms with E-state index in [1.807, 2.05) is 12.1 Å². The van der Waals surface area contributed by atoms with Gasteiger partial charge in [0.25, 0.3) is 0 Å². The molecular formula is C18H27FN2. The fourth-order valence-corrected chi connectivity index (χ4v) is 4.02. The Hall–Kier alpha value is -0.930. The van der Waals surface area contributed by atoms with Gasteiger partial charge in [-0.2, -0.15) is 0 Å². The van der Waals surface area contributed by atoms with Crippen LogP contribution in [0.5, 0.6) is 0 Å². The Morgan fingerprint density at radius 1 is 1.33 bits per heavy atom. The minimum atomic E-state index is -0.119. The van der Waals surface area contributed by atoms with Gasteiger partial charge in [0.1, 0.15) is 5.82 Å². The number of hydrogen-bond donors (Lipinski definition) is 1. The summed E-state index contributed by atoms with van der Waals surface area (Å²) in [5.74, 6) is 0.683. The zero-order valence-electron chi connectivity index (χ0n) is 13.0. The van der Waals surface area contributed by atoms with Crippen molar-refractivity contribution >= 4 is 0 Å². The smallest absolute Gasteiger partial charge is 0.123 e. The normalized spacial score (nSPS) is 28.7. The Balaban J connectivity index is 1.57. The van der Waals surface area contributed by atoms with E-state index in [2.05, 4.69) is 17.1 Å². The van der Waals surface area contributed by atoms with Gasteiger partial charge in [0, 0.05) is 18.6 Å². The van der Waals surface area contributed by atoms with Gasteiger partial charge >= 0.3 is 0 Å². The largest absolute Gasteiger partial charge is 0.314 e. The van der Waals surface area contributed by atoms with E-state index >= 15 is 0 Å². The molecule has 0 amide bonds. The molecule has 0 radical (unpaired) electrons. The number of nitrogens with zero attached hydrogens (tertiary/aromatic N) is 1. The van der Waals surface area contributed by atoms with Crippen LogP contribution in [0.3, 0.4) is 0 Å². The van der Waals surface area contributed by atoms with E-state index in [1.165, 1.54) is 51.4 Å². The van der Waals surface area contributed by atoms with Crippen molar-refractivity contribution in [1.29, 1.82) is 0 Å². The summed E-state index contributed by atoms with van der Waals surface area (Å²) in [7, 11) is 0. The summed E-state index contributed by atoms with van der Waals surface area (Å²) >= 11 is 0. The summed E-state index contributed by atoms with van der Waals surface area (Å²) < 4.78 is 13.3. The maximum Gasteiger partial charge on any atom is 0.123 e. The topological polar surface area (TPSA) is 15.3 Å². The molecule has 2 aliphatic heterocycles. The van der Waals surface area contributed by atoms with Gasteiger partial charge in [0.05, 0.1) is 0 Å². The van der Waals surface area contributed by atoms with Crippen molar-refractivity contribution in [3.63, 3.8) is 0 Å². The minimum Gasteiger partial charge on any atom is -0.314 e. The van der Waals surface area contributed by atoms with Crippen LogP contribution in [0.1, 0.15) is 38.2 Å². The molecule has 3 unspecified atom stereocenters. The summed E-state index contributed by atoms with van der Waals surface area (Å²) in [5, 5.41) is 3.67. The molecule has 2 aliphatic rings. The first kappa shape index (κ1) is 15.0. The number of halogens is 1. The fraction of sp³-hybridized carbons (Fsp3) is 0.667. The average Bonchev–Trinajstić information content (AvgIpc) is 3.02. The molecule has 1 N–H and O–H groups in total. The second kappa shape index (κ2) is 6.89. The molecule has 0 bridgehead atoms. The van der Waals surface area contributed by atoms with E-state index < -0.39 is 0 Å². The number of rotatable bonds is 4. The third-order valence-electron chi connectivity index (χ3n) is 5.20. The van der Waals surface area contributed by atoms with Crippen LogP contribution in [0.25, 0.3) is 0 Å². The van der Waals surface area contributed by atoms with Crippen molar-refractivity contribution in [2.45, 2.75) is 51.1 Å². The molecule has 2 fully saturated rings. The molecule has 2 saturated heterocycles. The standard InChI is InChI=1S/C18H27FN2/c1-14(11-15-5-2-7-17(19)12-15)21-10-4-6-16(13-21)18-8-3-9-20-18/h2,5,7,12,14,16,18,20H,3-4,6,8-11,13H2,1H3. The van der Waals surface area contributed by atoms with Crippen molar-refractivity contribution in [3.05, 3.63) is 35.6 Å². The molecule has 2 heterocycles. The molecule has 1 aromatic carbocycles. The fourth-order valence-electron chi connectivity index (χ4n) is 4.02. The predicted octanol–water partition coefficient (Wildman–Crippen LogP) is 3.22. The van der Waals surface area contributed by atoms with Crippen LogP contribution >= 0.6 is 0 Å². The van der Waals surface area contributed by atoms with Crippen LogP contribution in [0, 0.1) is 11.7 Å². The van der Waals surface area contributed by atoms with E-state index in [4.69, 9.17) is 0 Å². The molecule has 3 heteroatoms. The third kappa shape index (κ3) is 3.83.